The summed E-state index contributed by atoms with van der Waals surface area (Å²) in [6.07, 6.45) is 1.30. The summed E-state index contributed by atoms with van der Waals surface area (Å²) in [4.78, 5) is 40.8. The number of fused-ring (bicyclic) bond motifs is 1. The number of rotatable bonds is 7. The molecule has 0 radical (unpaired) electrons. The van der Waals surface area contributed by atoms with Crippen LogP contribution >= 0.6 is 11.8 Å². The van der Waals surface area contributed by atoms with Gasteiger partial charge in [-0.05, 0) is 31.5 Å². The van der Waals surface area contributed by atoms with Crippen LogP contribution in [0.2, 0.25) is 0 Å². The van der Waals surface area contributed by atoms with E-state index in [0.717, 1.165) is 0 Å². The normalized spacial score (nSPS) is 21.8. The van der Waals surface area contributed by atoms with Gasteiger partial charge in [-0.2, -0.15) is 0 Å². The van der Waals surface area contributed by atoms with Gasteiger partial charge in [-0.15, -0.1) is 11.8 Å². The van der Waals surface area contributed by atoms with Crippen LogP contribution in [-0.4, -0.2) is 45.3 Å². The van der Waals surface area contributed by atoms with Crippen molar-refractivity contribution < 1.29 is 14.4 Å². The van der Waals surface area contributed by atoms with E-state index in [1.165, 1.54) is 6.20 Å². The summed E-state index contributed by atoms with van der Waals surface area (Å²) in [6, 6.07) is 14.1. The number of hydrazine groups is 1. The first-order chi connectivity index (χ1) is 16.2. The van der Waals surface area contributed by atoms with Gasteiger partial charge in [0.1, 0.15) is 17.5 Å². The molecular formula is C24H28N6O3S. The lowest BCUT2D eigenvalue weighted by Crippen LogP contribution is -2.68. The number of hydrogen-bond acceptors (Lipinski definition) is 7. The first-order valence-corrected chi connectivity index (χ1v) is 11.8. The lowest BCUT2D eigenvalue weighted by molar-refractivity contribution is -0.148. The molecule has 3 atom stereocenters. The second kappa shape index (κ2) is 9.40. The molecule has 2 aliphatic heterocycles. The summed E-state index contributed by atoms with van der Waals surface area (Å²) in [5, 5.41) is 5.57. The monoisotopic (exact) mass is 480 g/mol. The van der Waals surface area contributed by atoms with E-state index in [1.54, 1.807) is 65.2 Å². The summed E-state index contributed by atoms with van der Waals surface area (Å²) in [5.74, 6) is 4.50. The highest BCUT2D eigenvalue weighted by molar-refractivity contribution is 8.01. The lowest BCUT2D eigenvalue weighted by Gasteiger charge is -2.42. The van der Waals surface area contributed by atoms with Crippen LogP contribution in [0, 0.1) is 0 Å². The Kier molecular flexibility index (Phi) is 6.54. The molecule has 4 rings (SSSR count). The van der Waals surface area contributed by atoms with Gasteiger partial charge < -0.3 is 26.7 Å². The van der Waals surface area contributed by atoms with Gasteiger partial charge >= 0.3 is 0 Å². The number of carbonyl (C=O) groups excluding carboxylic acids is 3. The number of benzene rings is 2. The Hall–Kier alpha value is -3.50. The second-order valence-corrected chi connectivity index (χ2v) is 10.7. The molecule has 34 heavy (non-hydrogen) atoms. The standard InChI is InChI=1S/C24H28N6O3S/c1-24(2)13-30-22(33)19(23(30)34-24)28-21(32)18(14-7-4-3-5-8-14)27-20(31)16-10-6-9-15(11-16)17(12-25)29-26/h3-12,18-19,23,29H,13,25-26H2,1-2H3,(H,27,31)(H,28,32)/t18-,19-,23?/m1/s1. The summed E-state index contributed by atoms with van der Waals surface area (Å²) >= 11 is 1.67. The average Bonchev–Trinajstić information content (AvgIpc) is 3.13. The molecule has 10 heteroatoms. The molecule has 0 aliphatic carbocycles. The fourth-order valence-corrected chi connectivity index (χ4v) is 5.68. The van der Waals surface area contributed by atoms with Gasteiger partial charge in [-0.3, -0.25) is 20.2 Å². The van der Waals surface area contributed by atoms with Crippen LogP contribution in [0.4, 0.5) is 0 Å². The van der Waals surface area contributed by atoms with Gasteiger partial charge in [0.15, 0.2) is 0 Å². The van der Waals surface area contributed by atoms with Crippen molar-refractivity contribution in [3.8, 4) is 0 Å². The smallest absolute Gasteiger partial charge is 0.252 e. The van der Waals surface area contributed by atoms with Gasteiger partial charge in [-0.25, -0.2) is 0 Å². The van der Waals surface area contributed by atoms with E-state index >= 15 is 0 Å². The number of amides is 3. The van der Waals surface area contributed by atoms with Crippen molar-refractivity contribution in [2.24, 2.45) is 11.6 Å². The summed E-state index contributed by atoms with van der Waals surface area (Å²) in [5.41, 5.74) is 10.1. The zero-order valence-electron chi connectivity index (χ0n) is 18.9. The van der Waals surface area contributed by atoms with Crippen LogP contribution in [0.3, 0.4) is 0 Å². The van der Waals surface area contributed by atoms with Crippen molar-refractivity contribution >= 4 is 35.2 Å². The topological polar surface area (TPSA) is 143 Å². The molecule has 178 valence electrons. The summed E-state index contributed by atoms with van der Waals surface area (Å²) < 4.78 is -0.0624. The maximum Gasteiger partial charge on any atom is 0.252 e. The van der Waals surface area contributed by atoms with Crippen LogP contribution in [0.25, 0.3) is 5.70 Å². The number of thioether (sulfide) groups is 1. The van der Waals surface area contributed by atoms with E-state index in [0.29, 0.717) is 28.9 Å². The molecule has 0 bridgehead atoms. The molecule has 2 fully saturated rings. The number of hydrogen-bond donors (Lipinski definition) is 5. The van der Waals surface area contributed by atoms with E-state index in [-0.39, 0.29) is 16.0 Å². The van der Waals surface area contributed by atoms with Gasteiger partial charge in [0, 0.05) is 28.6 Å². The summed E-state index contributed by atoms with van der Waals surface area (Å²) in [7, 11) is 0. The predicted octanol–water partition coefficient (Wildman–Crippen LogP) is 1.06. The van der Waals surface area contributed by atoms with E-state index in [9.17, 15) is 14.4 Å². The molecule has 0 saturated carbocycles. The molecule has 2 aromatic rings. The SMILES string of the molecule is CC1(C)CN2C(=O)[C@@H](NC(=O)[C@H](NC(=O)c3cccc(C(=CN)NN)c3)c3ccccc3)C2S1. The molecular weight excluding hydrogens is 452 g/mol. The average molecular weight is 481 g/mol. The molecule has 2 saturated heterocycles. The number of nitrogens with two attached hydrogens (primary N) is 2. The maximum atomic E-state index is 13.3. The first kappa shape index (κ1) is 23.7. The minimum atomic E-state index is -0.976. The van der Waals surface area contributed by atoms with Gasteiger partial charge in [0.25, 0.3) is 5.91 Å². The van der Waals surface area contributed by atoms with Crippen molar-refractivity contribution in [3.63, 3.8) is 0 Å². The van der Waals surface area contributed by atoms with Crippen LogP contribution in [0.1, 0.15) is 41.4 Å². The molecule has 2 aromatic carbocycles. The molecule has 0 aromatic heterocycles. The largest absolute Gasteiger partial charge is 0.403 e. The maximum absolute atomic E-state index is 13.3. The highest BCUT2D eigenvalue weighted by Gasteiger charge is 2.56. The number of carbonyl (C=O) groups is 3. The van der Waals surface area contributed by atoms with Crippen LogP contribution in [0.5, 0.6) is 0 Å². The molecule has 9 nitrogen and oxygen atoms in total. The molecule has 0 spiro atoms. The van der Waals surface area contributed by atoms with Crippen LogP contribution in [0.15, 0.2) is 60.8 Å². The fraction of sp³-hybridized carbons (Fsp3) is 0.292. The Bertz CT molecular complexity index is 1140. The van der Waals surface area contributed by atoms with E-state index in [1.807, 2.05) is 6.07 Å². The second-order valence-electron chi connectivity index (χ2n) is 8.84. The minimum Gasteiger partial charge on any atom is -0.403 e. The van der Waals surface area contributed by atoms with Gasteiger partial charge in [0.2, 0.25) is 11.8 Å². The Morgan fingerprint density at radius 3 is 2.53 bits per heavy atom. The molecule has 1 unspecified atom stereocenters. The minimum absolute atomic E-state index is 0.0624. The highest BCUT2D eigenvalue weighted by Crippen LogP contribution is 2.46. The zero-order chi connectivity index (χ0) is 24.5. The first-order valence-electron chi connectivity index (χ1n) is 10.9. The highest BCUT2D eigenvalue weighted by atomic mass is 32.2. The van der Waals surface area contributed by atoms with Crippen LogP contribution in [-0.2, 0) is 9.59 Å². The Morgan fingerprint density at radius 1 is 1.15 bits per heavy atom. The zero-order valence-corrected chi connectivity index (χ0v) is 19.8. The number of nitrogens with zero attached hydrogens (tertiary/aromatic N) is 1. The third-order valence-electron chi connectivity index (χ3n) is 5.86. The van der Waals surface area contributed by atoms with Crippen LogP contribution < -0.4 is 27.6 Å². The molecule has 2 aliphatic rings. The quantitative estimate of drug-likeness (QED) is 0.227. The molecule has 2 heterocycles. The van der Waals surface area contributed by atoms with Gasteiger partial charge in [0.05, 0.1) is 5.70 Å². The van der Waals surface area contributed by atoms with Crippen molar-refractivity contribution in [2.75, 3.05) is 6.54 Å². The van der Waals surface area contributed by atoms with Crippen molar-refractivity contribution in [1.29, 1.82) is 0 Å². The van der Waals surface area contributed by atoms with E-state index < -0.39 is 23.9 Å². The molecule has 7 N–H and O–H groups in total. The van der Waals surface area contributed by atoms with E-state index in [4.69, 9.17) is 11.6 Å². The fourth-order valence-electron chi connectivity index (χ4n) is 4.18. The third kappa shape index (κ3) is 4.59. The van der Waals surface area contributed by atoms with Crippen molar-refractivity contribution in [3.05, 3.63) is 77.5 Å². The lowest BCUT2D eigenvalue weighted by atomic mass is 10.0. The Balaban J connectivity index is 1.54. The number of nitrogens with one attached hydrogen (secondary N) is 3. The third-order valence-corrected chi connectivity index (χ3v) is 7.39. The Morgan fingerprint density at radius 2 is 1.85 bits per heavy atom. The summed E-state index contributed by atoms with van der Waals surface area (Å²) in [6.45, 7) is 4.81. The van der Waals surface area contributed by atoms with Crippen molar-refractivity contribution in [1.82, 2.24) is 21.0 Å². The van der Waals surface area contributed by atoms with E-state index in [2.05, 4.69) is 29.9 Å². The predicted molar refractivity (Wildman–Crippen MR) is 132 cm³/mol. The Labute approximate surface area is 202 Å². The molecule has 3 amide bonds. The number of β-lactam (4-membered cyclic amide) rings is 1. The van der Waals surface area contributed by atoms with Crippen molar-refractivity contribution in [2.45, 2.75) is 36.1 Å². The van der Waals surface area contributed by atoms with Gasteiger partial charge in [-0.1, -0.05) is 42.5 Å².